The number of halogens is 1. The number of alkyl halides is 1. The van der Waals surface area contributed by atoms with Gasteiger partial charge in [0.2, 0.25) is 0 Å². The summed E-state index contributed by atoms with van der Waals surface area (Å²) < 4.78 is 15.5. The Morgan fingerprint density at radius 3 is 2.33 bits per heavy atom. The van der Waals surface area contributed by atoms with Crippen LogP contribution in [-0.2, 0) is 13.0 Å². The van der Waals surface area contributed by atoms with Crippen molar-refractivity contribution in [1.29, 1.82) is 0 Å². The van der Waals surface area contributed by atoms with Crippen LogP contribution in [0.1, 0.15) is 81.6 Å². The van der Waals surface area contributed by atoms with Gasteiger partial charge in [0, 0.05) is 69.4 Å². The fourth-order valence-electron chi connectivity index (χ4n) is 6.77. The fraction of sp³-hybridized carbons (Fsp3) is 0.500. The minimum atomic E-state index is -1.87. The first-order chi connectivity index (χ1) is 23.7. The Morgan fingerprint density at radius 2 is 1.69 bits per heavy atom. The lowest BCUT2D eigenvalue weighted by Gasteiger charge is -2.34. The fourth-order valence-corrected chi connectivity index (χ4v) is 7.77. The molecule has 0 saturated carbocycles. The molecule has 2 saturated heterocycles. The highest BCUT2D eigenvalue weighted by Gasteiger charge is 2.24. The molecule has 5 rings (SSSR count). The van der Waals surface area contributed by atoms with Gasteiger partial charge in [-0.1, -0.05) is 37.3 Å². The second kappa shape index (κ2) is 18.1. The predicted octanol–water partition coefficient (Wildman–Crippen LogP) is 5.18. The number of nitrogens with one attached hydrogen (secondary N) is 2. The first-order valence-corrected chi connectivity index (χ1v) is 18.3. The van der Waals surface area contributed by atoms with Crippen LogP contribution in [-0.4, -0.2) is 101 Å². The van der Waals surface area contributed by atoms with Crippen LogP contribution >= 0.6 is 11.9 Å². The van der Waals surface area contributed by atoms with Crippen molar-refractivity contribution in [2.24, 2.45) is 0 Å². The third-order valence-electron chi connectivity index (χ3n) is 9.52. The van der Waals surface area contributed by atoms with Gasteiger partial charge in [0.1, 0.15) is 5.69 Å². The molecule has 3 heterocycles. The van der Waals surface area contributed by atoms with Gasteiger partial charge >= 0.3 is 0 Å². The maximum atomic E-state index is 13.3. The van der Waals surface area contributed by atoms with E-state index in [1.54, 1.807) is 12.1 Å². The molecule has 49 heavy (non-hydrogen) atoms. The largest absolute Gasteiger partial charge is 0.364 e. The molecular weight excluding hydrogens is 640 g/mol. The van der Waals surface area contributed by atoms with Gasteiger partial charge in [0.15, 0.2) is 6.36 Å². The third kappa shape index (κ3) is 10.8. The van der Waals surface area contributed by atoms with Crippen LogP contribution in [0.15, 0.2) is 65.7 Å². The van der Waals surface area contributed by atoms with Crippen LogP contribution in [0.3, 0.4) is 0 Å². The third-order valence-corrected chi connectivity index (χ3v) is 10.6. The monoisotopic (exact) mass is 690 g/mol. The quantitative estimate of drug-likeness (QED) is 0.188. The smallest absolute Gasteiger partial charge is 0.272 e. The summed E-state index contributed by atoms with van der Waals surface area (Å²) in [6.07, 6.45) is 3.63. The van der Waals surface area contributed by atoms with Crippen LogP contribution in [0.2, 0.25) is 0 Å². The van der Waals surface area contributed by atoms with Gasteiger partial charge in [-0.2, -0.15) is 0 Å². The van der Waals surface area contributed by atoms with Gasteiger partial charge in [-0.05, 0) is 111 Å². The molecule has 0 bridgehead atoms. The number of nitrogens with zero attached hydrogens (tertiary/aromatic N) is 4. The summed E-state index contributed by atoms with van der Waals surface area (Å²) in [6.45, 7) is 10.9. The maximum absolute atomic E-state index is 13.3. The minimum Gasteiger partial charge on any atom is -0.364 e. The molecule has 3 atom stereocenters. The van der Waals surface area contributed by atoms with E-state index >= 15 is 0 Å². The number of aliphatic hydroxyl groups excluding tert-OH is 1. The number of aliphatic hydroxyl groups is 1. The lowest BCUT2D eigenvalue weighted by Crippen LogP contribution is -2.48. The molecule has 2 amide bonds. The van der Waals surface area contributed by atoms with E-state index in [0.717, 1.165) is 55.7 Å². The Hall–Kier alpha value is -3.35. The van der Waals surface area contributed by atoms with Crippen molar-refractivity contribution in [2.45, 2.75) is 75.7 Å². The molecular formula is C38H51FN6O3S. The van der Waals surface area contributed by atoms with Crippen LogP contribution < -0.4 is 10.6 Å². The molecule has 2 aromatic carbocycles. The number of hydrogen-bond donors (Lipinski definition) is 3. The van der Waals surface area contributed by atoms with Gasteiger partial charge in [0.05, 0.1) is 5.56 Å². The second-order valence-corrected chi connectivity index (χ2v) is 14.6. The standard InChI is InChI=1S/C38H51FN6O3S/c1-27-22-30(24-36(39)46)8-12-34(27)28(2)23-32(14-15-40-3)42-37(47)31-9-13-35(41-25-31)38(48)44-20-18-43(19-21-44)26-29-6-10-33(11-7-29)49-45-16-4-5-17-45/h6-13,22,25,28,32,36,40,46H,4-5,14-21,23-24,26H2,1-3H3,(H,42,47). The van der Waals surface area contributed by atoms with Gasteiger partial charge in [-0.25, -0.2) is 8.70 Å². The van der Waals surface area contributed by atoms with E-state index in [9.17, 15) is 14.0 Å². The Bertz CT molecular complexity index is 1510. The van der Waals surface area contributed by atoms with E-state index in [0.29, 0.717) is 24.3 Å². The lowest BCUT2D eigenvalue weighted by molar-refractivity contribution is 0.0429. The van der Waals surface area contributed by atoms with Crippen molar-refractivity contribution >= 4 is 23.8 Å². The normalized spacial score (nSPS) is 17.5. The van der Waals surface area contributed by atoms with Crippen molar-refractivity contribution in [3.05, 3.63) is 94.3 Å². The number of rotatable bonds is 15. The zero-order valence-electron chi connectivity index (χ0n) is 29.0. The SMILES string of the molecule is CNCCC(CC(C)c1ccc(CC(O)F)cc1C)NC(=O)c1ccc(C(=O)N2CCN(Cc3ccc(SN4CCCC4)cc3)CC2)nc1. The predicted molar refractivity (Wildman–Crippen MR) is 193 cm³/mol. The number of aryl methyl sites for hydroxylation is 1. The van der Waals surface area contributed by atoms with Gasteiger partial charge < -0.3 is 20.6 Å². The topological polar surface area (TPSA) is 101 Å². The molecule has 1 aromatic heterocycles. The molecule has 3 aromatic rings. The summed E-state index contributed by atoms with van der Waals surface area (Å²) in [5.74, 6) is -0.187. The molecule has 264 valence electrons. The molecule has 2 aliphatic rings. The van der Waals surface area contributed by atoms with E-state index in [1.165, 1.54) is 42.6 Å². The number of benzene rings is 2. The zero-order chi connectivity index (χ0) is 34.8. The van der Waals surface area contributed by atoms with Gasteiger partial charge in [-0.3, -0.25) is 19.5 Å². The number of aromatic nitrogens is 1. The number of amides is 2. The number of hydrogen-bond acceptors (Lipinski definition) is 8. The van der Waals surface area contributed by atoms with Gasteiger partial charge in [0.25, 0.3) is 11.8 Å². The highest BCUT2D eigenvalue weighted by Crippen LogP contribution is 2.28. The maximum Gasteiger partial charge on any atom is 0.272 e. The van der Waals surface area contributed by atoms with Crippen molar-refractivity contribution < 1.29 is 19.1 Å². The summed E-state index contributed by atoms with van der Waals surface area (Å²) in [5.41, 5.74) is 4.96. The van der Waals surface area contributed by atoms with E-state index in [1.807, 2.05) is 49.0 Å². The second-order valence-electron chi connectivity index (χ2n) is 13.4. The summed E-state index contributed by atoms with van der Waals surface area (Å²) in [4.78, 5) is 36.5. The van der Waals surface area contributed by atoms with E-state index < -0.39 is 6.36 Å². The molecule has 3 unspecified atom stereocenters. The first-order valence-electron chi connectivity index (χ1n) is 17.5. The summed E-state index contributed by atoms with van der Waals surface area (Å²) >= 11 is 1.85. The van der Waals surface area contributed by atoms with E-state index in [-0.39, 0.29) is 30.2 Å². The molecule has 3 N–H and O–H groups in total. The first kappa shape index (κ1) is 36.9. The average Bonchev–Trinajstić information content (AvgIpc) is 3.61. The molecule has 9 nitrogen and oxygen atoms in total. The van der Waals surface area contributed by atoms with E-state index in [4.69, 9.17) is 5.11 Å². The molecule has 0 aliphatic carbocycles. The highest BCUT2D eigenvalue weighted by molar-refractivity contribution is 7.97. The van der Waals surface area contributed by atoms with Crippen LogP contribution in [0, 0.1) is 6.92 Å². The van der Waals surface area contributed by atoms with Gasteiger partial charge in [-0.15, -0.1) is 0 Å². The van der Waals surface area contributed by atoms with Crippen LogP contribution in [0.25, 0.3) is 0 Å². The number of carbonyl (C=O) groups excluding carboxylic acids is 2. The van der Waals surface area contributed by atoms with Crippen molar-refractivity contribution in [2.75, 3.05) is 52.9 Å². The molecule has 11 heteroatoms. The summed E-state index contributed by atoms with van der Waals surface area (Å²) in [5, 5.41) is 15.4. The molecule has 0 radical (unpaired) electrons. The summed E-state index contributed by atoms with van der Waals surface area (Å²) in [6, 6.07) is 17.8. The molecule has 2 fully saturated rings. The number of carbonyl (C=O) groups is 2. The van der Waals surface area contributed by atoms with Crippen LogP contribution in [0.5, 0.6) is 0 Å². The zero-order valence-corrected chi connectivity index (χ0v) is 29.9. The highest BCUT2D eigenvalue weighted by atomic mass is 32.2. The van der Waals surface area contributed by atoms with Crippen molar-refractivity contribution in [3.63, 3.8) is 0 Å². The van der Waals surface area contributed by atoms with Crippen molar-refractivity contribution in [1.82, 2.24) is 29.7 Å². The Balaban J connectivity index is 1.10. The van der Waals surface area contributed by atoms with Crippen LogP contribution in [0.4, 0.5) is 4.39 Å². The lowest BCUT2D eigenvalue weighted by atomic mass is 9.88. The number of piperazine rings is 1. The number of pyridine rings is 1. The van der Waals surface area contributed by atoms with Crippen molar-refractivity contribution in [3.8, 4) is 0 Å². The van der Waals surface area contributed by atoms with E-state index in [2.05, 4.69) is 56.0 Å². The Kier molecular flexibility index (Phi) is 13.6. The minimum absolute atomic E-state index is 0.0283. The average molecular weight is 691 g/mol. The Labute approximate surface area is 294 Å². The molecule has 0 spiro atoms. The Morgan fingerprint density at radius 1 is 0.980 bits per heavy atom. The molecule has 2 aliphatic heterocycles. The summed E-state index contributed by atoms with van der Waals surface area (Å²) in [7, 11) is 1.89.